The summed E-state index contributed by atoms with van der Waals surface area (Å²) in [5.41, 5.74) is 0.658. The number of alkyl carbamates (subject to hydrolysis) is 1. The fraction of sp³-hybridized carbons (Fsp3) is 0.533. The van der Waals surface area contributed by atoms with Gasteiger partial charge >= 0.3 is 6.09 Å². The Hall–Kier alpha value is -1.59. The first-order valence-corrected chi connectivity index (χ1v) is 6.62. The van der Waals surface area contributed by atoms with E-state index in [2.05, 4.69) is 5.32 Å². The Labute approximate surface area is 119 Å². The molecular formula is C15H23NO4. The number of carbonyl (C=O) groups is 1. The summed E-state index contributed by atoms with van der Waals surface area (Å²) >= 11 is 0. The predicted molar refractivity (Wildman–Crippen MR) is 76.3 cm³/mol. The molecule has 2 N–H and O–H groups in total. The molecule has 1 rings (SSSR count). The van der Waals surface area contributed by atoms with Crippen molar-refractivity contribution in [3.05, 3.63) is 35.9 Å². The number of benzene rings is 1. The first kappa shape index (κ1) is 16.5. The molecule has 1 amide bonds. The summed E-state index contributed by atoms with van der Waals surface area (Å²) in [5.74, 6) is 0. The Morgan fingerprint density at radius 3 is 2.50 bits per heavy atom. The molecule has 0 bridgehead atoms. The SMILES string of the molecule is CC(C)(C)NC(=O)O[C@H](CO)COCc1ccccc1. The van der Waals surface area contributed by atoms with E-state index in [1.54, 1.807) is 0 Å². The number of nitrogens with one attached hydrogen (secondary N) is 1. The minimum atomic E-state index is -0.666. The Kier molecular flexibility index (Phi) is 6.48. The fourth-order valence-electron chi connectivity index (χ4n) is 1.49. The van der Waals surface area contributed by atoms with Gasteiger partial charge in [0.15, 0.2) is 0 Å². The fourth-order valence-corrected chi connectivity index (χ4v) is 1.49. The van der Waals surface area contributed by atoms with E-state index in [9.17, 15) is 9.90 Å². The maximum atomic E-state index is 11.6. The van der Waals surface area contributed by atoms with Crippen molar-refractivity contribution in [1.29, 1.82) is 0 Å². The zero-order valence-corrected chi connectivity index (χ0v) is 12.3. The molecule has 1 aromatic carbocycles. The van der Waals surface area contributed by atoms with Crippen molar-refractivity contribution in [1.82, 2.24) is 5.32 Å². The van der Waals surface area contributed by atoms with E-state index < -0.39 is 12.2 Å². The van der Waals surface area contributed by atoms with Gasteiger partial charge < -0.3 is 19.9 Å². The summed E-state index contributed by atoms with van der Waals surface area (Å²) in [4.78, 5) is 11.6. The normalized spacial score (nSPS) is 12.8. The molecule has 0 aliphatic carbocycles. The zero-order chi connectivity index (χ0) is 15.0. The molecule has 0 heterocycles. The van der Waals surface area contributed by atoms with Gasteiger partial charge in [0.25, 0.3) is 0 Å². The van der Waals surface area contributed by atoms with Crippen LogP contribution in [0.15, 0.2) is 30.3 Å². The molecule has 112 valence electrons. The van der Waals surface area contributed by atoms with Crippen molar-refractivity contribution < 1.29 is 19.4 Å². The molecule has 1 atom stereocenters. The lowest BCUT2D eigenvalue weighted by atomic mass is 10.1. The predicted octanol–water partition coefficient (Wildman–Crippen LogP) is 2.09. The van der Waals surface area contributed by atoms with Crippen molar-refractivity contribution >= 4 is 6.09 Å². The van der Waals surface area contributed by atoms with Gasteiger partial charge in [0, 0.05) is 5.54 Å². The molecule has 0 saturated heterocycles. The number of ether oxygens (including phenoxy) is 2. The highest BCUT2D eigenvalue weighted by Gasteiger charge is 2.18. The van der Waals surface area contributed by atoms with Gasteiger partial charge in [-0.3, -0.25) is 0 Å². The van der Waals surface area contributed by atoms with E-state index in [0.717, 1.165) is 5.56 Å². The molecule has 5 heteroatoms. The van der Waals surface area contributed by atoms with Crippen LogP contribution in [0.4, 0.5) is 4.79 Å². The highest BCUT2D eigenvalue weighted by Crippen LogP contribution is 2.04. The molecule has 0 fully saturated rings. The van der Waals surface area contributed by atoms with Crippen LogP contribution in [0.1, 0.15) is 26.3 Å². The topological polar surface area (TPSA) is 67.8 Å². The van der Waals surface area contributed by atoms with Gasteiger partial charge in [-0.05, 0) is 26.3 Å². The minimum absolute atomic E-state index is 0.156. The van der Waals surface area contributed by atoms with Crippen LogP contribution in [-0.2, 0) is 16.1 Å². The van der Waals surface area contributed by atoms with E-state index in [-0.39, 0.29) is 18.8 Å². The van der Waals surface area contributed by atoms with Gasteiger partial charge in [0.1, 0.15) is 6.10 Å². The van der Waals surface area contributed by atoms with Crippen LogP contribution in [0.5, 0.6) is 0 Å². The van der Waals surface area contributed by atoms with Crippen LogP contribution in [0, 0.1) is 0 Å². The second-order valence-electron chi connectivity index (χ2n) is 5.59. The smallest absolute Gasteiger partial charge is 0.407 e. The van der Waals surface area contributed by atoms with Gasteiger partial charge in [0.2, 0.25) is 0 Å². The van der Waals surface area contributed by atoms with Crippen molar-refractivity contribution in [3.8, 4) is 0 Å². The van der Waals surface area contributed by atoms with Gasteiger partial charge in [-0.1, -0.05) is 30.3 Å². The van der Waals surface area contributed by atoms with Crippen LogP contribution in [-0.4, -0.2) is 36.1 Å². The van der Waals surface area contributed by atoms with Crippen LogP contribution in [0.3, 0.4) is 0 Å². The van der Waals surface area contributed by atoms with E-state index >= 15 is 0 Å². The van der Waals surface area contributed by atoms with Gasteiger partial charge in [-0.25, -0.2) is 4.79 Å². The second-order valence-corrected chi connectivity index (χ2v) is 5.59. The molecule has 0 radical (unpaired) electrons. The zero-order valence-electron chi connectivity index (χ0n) is 12.3. The Morgan fingerprint density at radius 2 is 1.95 bits per heavy atom. The largest absolute Gasteiger partial charge is 0.441 e. The lowest BCUT2D eigenvalue weighted by molar-refractivity contribution is -0.0136. The highest BCUT2D eigenvalue weighted by atomic mass is 16.6. The third-order valence-corrected chi connectivity index (χ3v) is 2.37. The summed E-state index contributed by atoms with van der Waals surface area (Å²) < 4.78 is 10.5. The van der Waals surface area contributed by atoms with Gasteiger partial charge in [0.05, 0.1) is 19.8 Å². The molecular weight excluding hydrogens is 258 g/mol. The Bertz CT molecular complexity index is 400. The molecule has 0 spiro atoms. The van der Waals surface area contributed by atoms with Crippen molar-refractivity contribution in [2.75, 3.05) is 13.2 Å². The maximum Gasteiger partial charge on any atom is 0.407 e. The number of amides is 1. The van der Waals surface area contributed by atoms with Crippen LogP contribution < -0.4 is 5.32 Å². The van der Waals surface area contributed by atoms with Crippen LogP contribution in [0.2, 0.25) is 0 Å². The quantitative estimate of drug-likeness (QED) is 0.838. The van der Waals surface area contributed by atoms with Crippen molar-refractivity contribution in [3.63, 3.8) is 0 Å². The number of carbonyl (C=O) groups excluding carboxylic acids is 1. The van der Waals surface area contributed by atoms with Crippen LogP contribution >= 0.6 is 0 Å². The van der Waals surface area contributed by atoms with Crippen molar-refractivity contribution in [2.45, 2.75) is 39.0 Å². The second kappa shape index (κ2) is 7.87. The highest BCUT2D eigenvalue weighted by molar-refractivity contribution is 5.68. The van der Waals surface area contributed by atoms with Crippen LogP contribution in [0.25, 0.3) is 0 Å². The average molecular weight is 281 g/mol. The third-order valence-electron chi connectivity index (χ3n) is 2.37. The summed E-state index contributed by atoms with van der Waals surface area (Å²) in [6.45, 7) is 5.87. The molecule has 0 saturated carbocycles. The molecule has 0 unspecified atom stereocenters. The lowest BCUT2D eigenvalue weighted by Crippen LogP contribution is -2.43. The number of hydrogen-bond acceptors (Lipinski definition) is 4. The first-order valence-electron chi connectivity index (χ1n) is 6.62. The van der Waals surface area contributed by atoms with Gasteiger partial charge in [-0.2, -0.15) is 0 Å². The first-order chi connectivity index (χ1) is 9.40. The number of hydrogen-bond donors (Lipinski definition) is 2. The standard InChI is InChI=1S/C15H23NO4/c1-15(2,3)16-14(18)20-13(9-17)11-19-10-12-7-5-4-6-8-12/h4-8,13,17H,9-11H2,1-3H3,(H,16,18)/t13-/m1/s1. The Balaban J connectivity index is 2.31. The van der Waals surface area contributed by atoms with Gasteiger partial charge in [-0.15, -0.1) is 0 Å². The minimum Gasteiger partial charge on any atom is -0.441 e. The summed E-state index contributed by atoms with van der Waals surface area (Å²) in [5, 5.41) is 11.8. The number of aliphatic hydroxyl groups is 1. The maximum absolute atomic E-state index is 11.6. The number of rotatable bonds is 6. The molecule has 5 nitrogen and oxygen atoms in total. The average Bonchev–Trinajstić information content (AvgIpc) is 2.36. The molecule has 20 heavy (non-hydrogen) atoms. The Morgan fingerprint density at radius 1 is 1.30 bits per heavy atom. The van der Waals surface area contributed by atoms with E-state index in [4.69, 9.17) is 9.47 Å². The van der Waals surface area contributed by atoms with E-state index in [1.165, 1.54) is 0 Å². The van der Waals surface area contributed by atoms with E-state index in [1.807, 2.05) is 51.1 Å². The molecule has 1 aromatic rings. The molecule has 0 aromatic heterocycles. The van der Waals surface area contributed by atoms with Crippen molar-refractivity contribution in [2.24, 2.45) is 0 Å². The number of aliphatic hydroxyl groups excluding tert-OH is 1. The lowest BCUT2D eigenvalue weighted by Gasteiger charge is -2.22. The summed E-state index contributed by atoms with van der Waals surface area (Å²) in [6.07, 6.45) is -1.22. The summed E-state index contributed by atoms with van der Waals surface area (Å²) in [7, 11) is 0. The molecule has 0 aliphatic heterocycles. The third kappa shape index (κ3) is 7.11. The monoisotopic (exact) mass is 281 g/mol. The summed E-state index contributed by atoms with van der Waals surface area (Å²) in [6, 6.07) is 9.67. The molecule has 0 aliphatic rings. The van der Waals surface area contributed by atoms with E-state index in [0.29, 0.717) is 6.61 Å².